The molecule has 12 heavy (non-hydrogen) atoms. The molecule has 0 aliphatic heterocycles. The van der Waals surface area contributed by atoms with Gasteiger partial charge in [0, 0.05) is 33.4 Å². The minimum absolute atomic E-state index is 0.172. The lowest BCUT2D eigenvalue weighted by Crippen LogP contribution is -2.27. The second-order valence-electron chi connectivity index (χ2n) is 2.70. The largest absolute Gasteiger partial charge is 0.331 e. The number of carbonyl (C=O) groups is 1. The van der Waals surface area contributed by atoms with Gasteiger partial charge < -0.3 is 4.90 Å². The summed E-state index contributed by atoms with van der Waals surface area (Å²) in [6.07, 6.45) is 1.77. The Bertz CT molecular complexity index is 279. The first-order chi connectivity index (χ1) is 5.59. The van der Waals surface area contributed by atoms with Gasteiger partial charge in [-0.25, -0.2) is 4.79 Å². The predicted molar refractivity (Wildman–Crippen MR) is 45.9 cm³/mol. The Morgan fingerprint density at radius 1 is 1.67 bits per heavy atom. The van der Waals surface area contributed by atoms with Crippen molar-refractivity contribution in [2.24, 2.45) is 7.05 Å². The molecule has 0 saturated heterocycles. The van der Waals surface area contributed by atoms with Crippen LogP contribution in [0.2, 0.25) is 0 Å². The Hall–Kier alpha value is -1.52. The number of rotatable bonds is 1. The van der Waals surface area contributed by atoms with Crippen molar-refractivity contribution in [1.82, 2.24) is 14.7 Å². The molecule has 0 aromatic carbocycles. The highest BCUT2D eigenvalue weighted by atomic mass is 16.2. The predicted octanol–water partition coefficient (Wildman–Crippen LogP) is 0.514. The molecule has 1 heterocycles. The summed E-state index contributed by atoms with van der Waals surface area (Å²) in [6, 6.07) is 1.56. The Morgan fingerprint density at radius 3 is 2.75 bits per heavy atom. The highest BCUT2D eigenvalue weighted by Gasteiger charge is 2.04. The van der Waals surface area contributed by atoms with Gasteiger partial charge in [0.1, 0.15) is 0 Å². The van der Waals surface area contributed by atoms with Gasteiger partial charge in [0.2, 0.25) is 0 Å². The number of carbonyl (C=O) groups excluding carboxylic acids is 1. The molecule has 0 aliphatic rings. The molecule has 0 radical (unpaired) electrons. The fourth-order valence-corrected chi connectivity index (χ4v) is 0.703. The molecule has 66 valence electrons. The minimum atomic E-state index is -0.172. The van der Waals surface area contributed by atoms with Crippen LogP contribution in [0.3, 0.4) is 0 Å². The summed E-state index contributed by atoms with van der Waals surface area (Å²) in [7, 11) is 5.15. The third-order valence-corrected chi connectivity index (χ3v) is 1.35. The Labute approximate surface area is 71.0 Å². The number of nitrogens with one attached hydrogen (secondary N) is 1. The average Bonchev–Trinajstić information content (AvgIpc) is 2.35. The van der Waals surface area contributed by atoms with E-state index in [1.54, 1.807) is 38.1 Å². The molecule has 1 rings (SSSR count). The van der Waals surface area contributed by atoms with Gasteiger partial charge >= 0.3 is 6.03 Å². The van der Waals surface area contributed by atoms with Crippen LogP contribution in [0, 0.1) is 0 Å². The number of hydrogen-bond acceptors (Lipinski definition) is 2. The van der Waals surface area contributed by atoms with Crippen LogP contribution in [0.4, 0.5) is 10.6 Å². The summed E-state index contributed by atoms with van der Waals surface area (Å²) in [5.41, 5.74) is 0. The maximum atomic E-state index is 11.1. The molecule has 0 spiro atoms. The van der Waals surface area contributed by atoms with Gasteiger partial charge in [-0.05, 0) is 0 Å². The lowest BCUT2D eigenvalue weighted by atomic mass is 10.6. The molecule has 0 atom stereocenters. The summed E-state index contributed by atoms with van der Waals surface area (Å²) in [6.45, 7) is 0. The van der Waals surface area contributed by atoms with Crippen molar-refractivity contribution in [3.8, 4) is 0 Å². The van der Waals surface area contributed by atoms with Gasteiger partial charge in [-0.15, -0.1) is 0 Å². The van der Waals surface area contributed by atoms with E-state index in [4.69, 9.17) is 0 Å². The number of amides is 2. The van der Waals surface area contributed by atoms with E-state index in [0.717, 1.165) is 0 Å². The van der Waals surface area contributed by atoms with Crippen LogP contribution in [-0.4, -0.2) is 34.8 Å². The first-order valence-corrected chi connectivity index (χ1v) is 3.57. The van der Waals surface area contributed by atoms with Crippen LogP contribution in [0.25, 0.3) is 0 Å². The third-order valence-electron chi connectivity index (χ3n) is 1.35. The topological polar surface area (TPSA) is 50.2 Å². The zero-order chi connectivity index (χ0) is 9.14. The molecular weight excluding hydrogens is 156 g/mol. The molecule has 0 saturated carbocycles. The molecule has 1 N–H and O–H groups in total. The summed E-state index contributed by atoms with van der Waals surface area (Å²) in [5, 5.41) is 6.61. The molecule has 0 bridgehead atoms. The van der Waals surface area contributed by atoms with E-state index in [-0.39, 0.29) is 6.03 Å². The molecule has 0 aliphatic carbocycles. The average molecular weight is 168 g/mol. The molecule has 1 aromatic heterocycles. The smallest absolute Gasteiger partial charge is 0.322 e. The van der Waals surface area contributed by atoms with Crippen molar-refractivity contribution in [2.75, 3.05) is 19.4 Å². The fraction of sp³-hybridized carbons (Fsp3) is 0.429. The van der Waals surface area contributed by atoms with E-state index in [1.807, 2.05) is 0 Å². The number of anilines is 1. The van der Waals surface area contributed by atoms with Crippen molar-refractivity contribution in [1.29, 1.82) is 0 Å². The molecule has 5 heteroatoms. The van der Waals surface area contributed by atoms with Gasteiger partial charge in [-0.3, -0.25) is 10.00 Å². The second-order valence-corrected chi connectivity index (χ2v) is 2.70. The number of urea groups is 1. The van der Waals surface area contributed by atoms with Crippen molar-refractivity contribution in [2.45, 2.75) is 0 Å². The van der Waals surface area contributed by atoms with E-state index in [1.165, 1.54) is 4.90 Å². The zero-order valence-corrected chi connectivity index (χ0v) is 7.40. The fourth-order valence-electron chi connectivity index (χ4n) is 0.703. The summed E-state index contributed by atoms with van der Waals surface area (Å²) >= 11 is 0. The lowest BCUT2D eigenvalue weighted by Gasteiger charge is -2.09. The quantitative estimate of drug-likeness (QED) is 0.664. The first-order valence-electron chi connectivity index (χ1n) is 3.57. The number of hydrogen-bond donors (Lipinski definition) is 1. The van der Waals surface area contributed by atoms with Gasteiger partial charge in [-0.1, -0.05) is 0 Å². The van der Waals surface area contributed by atoms with Gasteiger partial charge in [0.05, 0.1) is 0 Å². The monoisotopic (exact) mass is 168 g/mol. The highest BCUT2D eigenvalue weighted by Crippen LogP contribution is 2.00. The van der Waals surface area contributed by atoms with Crippen LogP contribution in [0.15, 0.2) is 12.3 Å². The SMILES string of the molecule is CN(C)C(=O)Nc1ccn(C)n1. The maximum Gasteiger partial charge on any atom is 0.322 e. The molecular formula is C7H12N4O. The van der Waals surface area contributed by atoms with Crippen molar-refractivity contribution in [3.05, 3.63) is 12.3 Å². The van der Waals surface area contributed by atoms with Crippen LogP contribution in [0.5, 0.6) is 0 Å². The van der Waals surface area contributed by atoms with Gasteiger partial charge in [0.25, 0.3) is 0 Å². The molecule has 0 fully saturated rings. The summed E-state index contributed by atoms with van der Waals surface area (Å²) < 4.78 is 1.63. The minimum Gasteiger partial charge on any atom is -0.331 e. The van der Waals surface area contributed by atoms with E-state index >= 15 is 0 Å². The number of aromatic nitrogens is 2. The normalized spacial score (nSPS) is 9.58. The Kier molecular flexibility index (Phi) is 2.32. The summed E-state index contributed by atoms with van der Waals surface area (Å²) in [4.78, 5) is 12.5. The highest BCUT2D eigenvalue weighted by molar-refractivity contribution is 5.87. The van der Waals surface area contributed by atoms with Crippen LogP contribution in [-0.2, 0) is 7.05 Å². The van der Waals surface area contributed by atoms with Gasteiger partial charge in [0.15, 0.2) is 5.82 Å². The first kappa shape index (κ1) is 8.58. The molecule has 2 amide bonds. The number of aryl methyl sites for hydroxylation is 1. The third kappa shape index (κ3) is 1.98. The van der Waals surface area contributed by atoms with Crippen molar-refractivity contribution < 1.29 is 4.79 Å². The lowest BCUT2D eigenvalue weighted by molar-refractivity contribution is 0.230. The maximum absolute atomic E-state index is 11.1. The van der Waals surface area contributed by atoms with E-state index in [0.29, 0.717) is 5.82 Å². The summed E-state index contributed by atoms with van der Waals surface area (Å²) in [5.74, 6) is 0.566. The van der Waals surface area contributed by atoms with Crippen LogP contribution in [0.1, 0.15) is 0 Å². The zero-order valence-electron chi connectivity index (χ0n) is 7.40. The Morgan fingerprint density at radius 2 is 2.33 bits per heavy atom. The number of nitrogens with zero attached hydrogens (tertiary/aromatic N) is 3. The van der Waals surface area contributed by atoms with E-state index < -0.39 is 0 Å². The standard InChI is InChI=1S/C7H12N4O/c1-10(2)7(12)8-6-4-5-11(3)9-6/h4-5H,1-3H3,(H,8,9,12). The van der Waals surface area contributed by atoms with E-state index in [9.17, 15) is 4.79 Å². The van der Waals surface area contributed by atoms with E-state index in [2.05, 4.69) is 10.4 Å². The van der Waals surface area contributed by atoms with Gasteiger partial charge in [-0.2, -0.15) is 5.10 Å². The molecule has 5 nitrogen and oxygen atoms in total. The molecule has 0 unspecified atom stereocenters. The van der Waals surface area contributed by atoms with Crippen molar-refractivity contribution in [3.63, 3.8) is 0 Å². The van der Waals surface area contributed by atoms with Crippen LogP contribution < -0.4 is 5.32 Å². The van der Waals surface area contributed by atoms with Crippen LogP contribution >= 0.6 is 0 Å². The second kappa shape index (κ2) is 3.25. The Balaban J connectivity index is 2.58. The van der Waals surface area contributed by atoms with Crippen molar-refractivity contribution >= 4 is 11.8 Å². The molecule has 1 aromatic rings.